The quantitative estimate of drug-likeness (QED) is 0.312. The van der Waals surface area contributed by atoms with E-state index in [-0.39, 0.29) is 46.9 Å². The number of nitrogens with zero attached hydrogens (tertiary/aromatic N) is 3. The van der Waals surface area contributed by atoms with E-state index in [1.165, 1.54) is 30.3 Å². The summed E-state index contributed by atoms with van der Waals surface area (Å²) in [6.45, 7) is -0.855. The maximum Gasteiger partial charge on any atom is 1.00 e. The number of carbonyl (C=O) groups excluding carboxylic acids is 1. The van der Waals surface area contributed by atoms with E-state index in [0.29, 0.717) is 10.4 Å². The Kier molecular flexibility index (Phi) is 8.21. The van der Waals surface area contributed by atoms with Gasteiger partial charge in [-0.15, -0.1) is 11.3 Å². The number of rotatable bonds is 5. The first-order chi connectivity index (χ1) is 13.5. The predicted octanol–water partition coefficient (Wildman–Crippen LogP) is -1.52. The Morgan fingerprint density at radius 1 is 1.13 bits per heavy atom. The Hall–Kier alpha value is -0.900. The van der Waals surface area contributed by atoms with Crippen LogP contribution in [0.1, 0.15) is 0 Å². The molecule has 2 aromatic rings. The average molecular weight is 486 g/mol. The summed E-state index contributed by atoms with van der Waals surface area (Å²) in [5, 5.41) is 8.86. The molecule has 1 aliphatic rings. The number of hydrogen-bond acceptors (Lipinski definition) is 7. The fraction of sp³-hybridized carbons (Fsp3) is 0.312. The predicted molar refractivity (Wildman–Crippen MR) is 104 cm³/mol. The molecule has 1 aromatic heterocycles. The zero-order valence-electron chi connectivity index (χ0n) is 16.1. The number of halogens is 1. The van der Waals surface area contributed by atoms with Gasteiger partial charge in [0.1, 0.15) is 10.0 Å². The molecule has 1 atom stereocenters. The molecule has 1 fully saturated rings. The number of thiophene rings is 1. The van der Waals surface area contributed by atoms with Gasteiger partial charge < -0.3 is 15.5 Å². The van der Waals surface area contributed by atoms with Gasteiger partial charge in [-0.05, 0) is 29.8 Å². The standard InChI is InChI=1S/C16H18FN3O6S3.Na/c1-28(23,24)19-8-9-20(13(10-19)16(21)18-22)29(25,26)15-7-6-14(27-15)11-2-4-12(17)5-3-11;/h2-7,13H,8-10H2,1H3,(H2,18,21,22);/q;+1/p-1/t13-;/m1./s1. The monoisotopic (exact) mass is 485 g/mol. The van der Waals surface area contributed by atoms with Crippen LogP contribution >= 0.6 is 11.3 Å². The SMILES string of the molecule is CS(=O)(=O)N1CCN(S(=O)(=O)c2ccc(-c3ccc(F)cc3)s2)[C@@H](C(=O)[N-]O)C1.[Na+]. The van der Waals surface area contributed by atoms with Gasteiger partial charge in [-0.3, -0.25) is 0 Å². The van der Waals surface area contributed by atoms with E-state index in [1.807, 2.05) is 0 Å². The van der Waals surface area contributed by atoms with Gasteiger partial charge in [0.15, 0.2) is 0 Å². The molecule has 14 heteroatoms. The largest absolute Gasteiger partial charge is 1.00 e. The number of sulfonamides is 2. The molecule has 0 spiro atoms. The van der Waals surface area contributed by atoms with Crippen molar-refractivity contribution in [3.8, 4) is 10.4 Å². The van der Waals surface area contributed by atoms with E-state index >= 15 is 0 Å². The molecule has 0 radical (unpaired) electrons. The molecule has 0 bridgehead atoms. The molecule has 158 valence electrons. The summed E-state index contributed by atoms with van der Waals surface area (Å²) in [4.78, 5) is 12.6. The molecule has 0 saturated carbocycles. The third-order valence-electron chi connectivity index (χ3n) is 4.42. The fourth-order valence-electron chi connectivity index (χ4n) is 2.94. The van der Waals surface area contributed by atoms with E-state index in [2.05, 4.69) is 5.48 Å². The topological polar surface area (TPSA) is 126 Å². The van der Waals surface area contributed by atoms with Crippen molar-refractivity contribution in [2.75, 3.05) is 25.9 Å². The summed E-state index contributed by atoms with van der Waals surface area (Å²) < 4.78 is 64.6. The number of amides is 1. The second-order valence-electron chi connectivity index (χ2n) is 6.32. The maximum absolute atomic E-state index is 13.1. The smallest absolute Gasteiger partial charge is 0.533 e. The molecule has 1 amide bonds. The zero-order valence-corrected chi connectivity index (χ0v) is 20.5. The van der Waals surface area contributed by atoms with E-state index in [1.54, 1.807) is 6.07 Å². The minimum atomic E-state index is -4.17. The van der Waals surface area contributed by atoms with Crippen LogP contribution in [0.4, 0.5) is 4.39 Å². The van der Waals surface area contributed by atoms with Gasteiger partial charge in [0.25, 0.3) is 10.0 Å². The fourth-order valence-corrected chi connectivity index (χ4v) is 6.77. The molecule has 1 aliphatic heterocycles. The van der Waals surface area contributed by atoms with Crippen molar-refractivity contribution >= 4 is 37.3 Å². The molecule has 30 heavy (non-hydrogen) atoms. The molecule has 1 saturated heterocycles. The molecule has 0 unspecified atom stereocenters. The van der Waals surface area contributed by atoms with E-state index in [0.717, 1.165) is 26.2 Å². The van der Waals surface area contributed by atoms with E-state index in [9.17, 15) is 26.0 Å². The minimum Gasteiger partial charge on any atom is -0.533 e. The van der Waals surface area contributed by atoms with E-state index < -0.39 is 44.4 Å². The van der Waals surface area contributed by atoms with Gasteiger partial charge in [0.2, 0.25) is 10.0 Å². The van der Waals surface area contributed by atoms with Crippen LogP contribution in [0.15, 0.2) is 40.6 Å². The Morgan fingerprint density at radius 3 is 2.33 bits per heavy atom. The van der Waals surface area contributed by atoms with Crippen molar-refractivity contribution in [2.45, 2.75) is 10.3 Å². The summed E-state index contributed by atoms with van der Waals surface area (Å²) in [7, 11) is -7.83. The number of hydrogen-bond donors (Lipinski definition) is 1. The Bertz CT molecular complexity index is 1120. The van der Waals surface area contributed by atoms with Gasteiger partial charge in [0.05, 0.1) is 18.2 Å². The van der Waals surface area contributed by atoms with Crippen LogP contribution in [-0.4, -0.2) is 68.5 Å². The van der Waals surface area contributed by atoms with Crippen molar-refractivity contribution in [1.29, 1.82) is 0 Å². The van der Waals surface area contributed by atoms with Crippen LogP contribution in [0.5, 0.6) is 0 Å². The number of piperazine rings is 1. The van der Waals surface area contributed by atoms with Gasteiger partial charge >= 0.3 is 29.6 Å². The van der Waals surface area contributed by atoms with Crippen molar-refractivity contribution < 1.29 is 60.8 Å². The minimum absolute atomic E-state index is 0. The van der Waals surface area contributed by atoms with Gasteiger partial charge in [0, 0.05) is 24.5 Å². The molecule has 2 heterocycles. The molecular formula is C16H17FN3NaO6S3. The first-order valence-electron chi connectivity index (χ1n) is 8.26. The van der Waals surface area contributed by atoms with Crippen LogP contribution in [0.3, 0.4) is 0 Å². The Balaban J connectivity index is 0.00000320. The molecule has 0 aliphatic carbocycles. The second kappa shape index (κ2) is 9.71. The maximum atomic E-state index is 13.1. The second-order valence-corrected chi connectivity index (χ2v) is 11.5. The Morgan fingerprint density at radius 2 is 1.77 bits per heavy atom. The molecule has 1 N–H and O–H groups in total. The first-order valence-corrected chi connectivity index (χ1v) is 12.4. The number of benzene rings is 1. The summed E-state index contributed by atoms with van der Waals surface area (Å²) in [6, 6.07) is 6.98. The molecule has 3 rings (SSSR count). The van der Waals surface area contributed by atoms with Crippen molar-refractivity contribution in [2.24, 2.45) is 0 Å². The van der Waals surface area contributed by atoms with Crippen LogP contribution in [0.25, 0.3) is 15.9 Å². The summed E-state index contributed by atoms with van der Waals surface area (Å²) >= 11 is 0.932. The van der Waals surface area contributed by atoms with Crippen molar-refractivity contribution in [3.63, 3.8) is 0 Å². The third-order valence-corrected chi connectivity index (χ3v) is 9.20. The van der Waals surface area contributed by atoms with Crippen LogP contribution < -0.4 is 29.6 Å². The summed E-state index contributed by atoms with van der Waals surface area (Å²) in [5.74, 6) is -1.58. The van der Waals surface area contributed by atoms with E-state index in [4.69, 9.17) is 5.21 Å². The Labute approximate surface area is 199 Å². The van der Waals surface area contributed by atoms with Crippen LogP contribution in [-0.2, 0) is 24.8 Å². The van der Waals surface area contributed by atoms with Crippen LogP contribution in [0, 0.1) is 5.82 Å². The normalized spacial score (nSPS) is 18.6. The van der Waals surface area contributed by atoms with Crippen molar-refractivity contribution in [3.05, 3.63) is 47.7 Å². The van der Waals surface area contributed by atoms with Gasteiger partial charge in [-0.25, -0.2) is 21.2 Å². The van der Waals surface area contributed by atoms with Crippen LogP contribution in [0.2, 0.25) is 0 Å². The molecular weight excluding hydrogens is 468 g/mol. The van der Waals surface area contributed by atoms with Crippen molar-refractivity contribution in [1.82, 2.24) is 8.61 Å². The van der Waals surface area contributed by atoms with Gasteiger partial charge in [-0.2, -0.15) is 8.61 Å². The average Bonchev–Trinajstić information content (AvgIpc) is 3.18. The molecule has 1 aromatic carbocycles. The van der Waals surface area contributed by atoms with Gasteiger partial charge in [-0.1, -0.05) is 12.1 Å². The summed E-state index contributed by atoms with van der Waals surface area (Å²) in [6.07, 6.45) is 0.947. The first kappa shape index (κ1) is 25.4. The zero-order chi connectivity index (χ0) is 21.4. The molecule has 9 nitrogen and oxygen atoms in total. The number of hydroxylamine groups is 1. The number of carbonyl (C=O) groups is 1. The summed E-state index contributed by atoms with van der Waals surface area (Å²) in [5.41, 5.74) is 3.17. The third kappa shape index (κ3) is 5.29.